The summed E-state index contributed by atoms with van der Waals surface area (Å²) in [5.74, 6) is -2.66. The van der Waals surface area contributed by atoms with Crippen LogP contribution >= 0.6 is 11.6 Å². The van der Waals surface area contributed by atoms with E-state index in [0.29, 0.717) is 5.56 Å². The van der Waals surface area contributed by atoms with Gasteiger partial charge in [0.25, 0.3) is 0 Å². The predicted octanol–water partition coefficient (Wildman–Crippen LogP) is 4.64. The van der Waals surface area contributed by atoms with Crippen LogP contribution in [0.4, 0.5) is 13.2 Å². The van der Waals surface area contributed by atoms with Crippen LogP contribution in [0, 0.1) is 17.5 Å². The summed E-state index contributed by atoms with van der Waals surface area (Å²) in [5, 5.41) is 0. The quantitative estimate of drug-likeness (QED) is 0.740. The molecule has 2 aromatic rings. The Morgan fingerprint density at radius 3 is 2.50 bits per heavy atom. The number of alkyl halides is 1. The Balaban J connectivity index is 2.37. The smallest absolute Gasteiger partial charge is 0.201 e. The van der Waals surface area contributed by atoms with Gasteiger partial charge < -0.3 is 4.74 Å². The molecule has 0 aliphatic rings. The molecule has 0 N–H and O–H groups in total. The Morgan fingerprint density at radius 1 is 1.00 bits per heavy atom. The van der Waals surface area contributed by atoms with E-state index in [9.17, 15) is 13.2 Å². The summed E-state index contributed by atoms with van der Waals surface area (Å²) in [4.78, 5) is 0. The minimum absolute atomic E-state index is 0.00400. The molecule has 0 spiro atoms. The summed E-state index contributed by atoms with van der Waals surface area (Å²) >= 11 is 5.63. The fourth-order valence-electron chi connectivity index (χ4n) is 1.43. The average Bonchev–Trinajstić information content (AvgIpc) is 2.37. The molecule has 0 unspecified atom stereocenters. The molecule has 18 heavy (non-hydrogen) atoms. The summed E-state index contributed by atoms with van der Waals surface area (Å²) < 4.78 is 44.6. The zero-order chi connectivity index (χ0) is 13.1. The fourth-order valence-corrected chi connectivity index (χ4v) is 1.64. The van der Waals surface area contributed by atoms with Gasteiger partial charge in [0.05, 0.1) is 5.88 Å². The minimum Gasteiger partial charge on any atom is -0.454 e. The van der Waals surface area contributed by atoms with E-state index in [1.807, 2.05) is 0 Å². The molecule has 94 valence electrons. The van der Waals surface area contributed by atoms with Gasteiger partial charge in [0.15, 0.2) is 11.6 Å². The van der Waals surface area contributed by atoms with Crippen LogP contribution in [0.3, 0.4) is 0 Å². The van der Waals surface area contributed by atoms with Crippen molar-refractivity contribution in [2.24, 2.45) is 0 Å². The van der Waals surface area contributed by atoms with Gasteiger partial charge in [0.1, 0.15) is 11.6 Å². The lowest BCUT2D eigenvalue weighted by Crippen LogP contribution is -1.94. The van der Waals surface area contributed by atoms with E-state index in [0.717, 1.165) is 12.1 Å². The summed E-state index contributed by atoms with van der Waals surface area (Å²) in [6.45, 7) is 0. The van der Waals surface area contributed by atoms with Gasteiger partial charge >= 0.3 is 0 Å². The van der Waals surface area contributed by atoms with Crippen molar-refractivity contribution < 1.29 is 17.9 Å². The first-order chi connectivity index (χ1) is 8.61. The molecule has 2 aromatic carbocycles. The largest absolute Gasteiger partial charge is 0.454 e. The van der Waals surface area contributed by atoms with Crippen molar-refractivity contribution in [2.75, 3.05) is 0 Å². The van der Waals surface area contributed by atoms with Crippen LogP contribution in [0.5, 0.6) is 11.5 Å². The van der Waals surface area contributed by atoms with Gasteiger partial charge in [-0.1, -0.05) is 6.07 Å². The molecule has 0 atom stereocenters. The third kappa shape index (κ3) is 2.59. The lowest BCUT2D eigenvalue weighted by molar-refractivity contribution is 0.413. The van der Waals surface area contributed by atoms with E-state index >= 15 is 0 Å². The monoisotopic (exact) mass is 272 g/mol. The van der Waals surface area contributed by atoms with E-state index in [1.165, 1.54) is 24.3 Å². The summed E-state index contributed by atoms with van der Waals surface area (Å²) in [5.41, 5.74) is 0.361. The van der Waals surface area contributed by atoms with Gasteiger partial charge in [-0.15, -0.1) is 11.6 Å². The van der Waals surface area contributed by atoms with Crippen LogP contribution in [0.2, 0.25) is 0 Å². The summed E-state index contributed by atoms with van der Waals surface area (Å²) in [6, 6.07) is 7.23. The highest BCUT2D eigenvalue weighted by molar-refractivity contribution is 6.17. The Bertz CT molecular complexity index is 572. The second-order valence-electron chi connectivity index (χ2n) is 3.54. The molecule has 2 rings (SSSR count). The zero-order valence-electron chi connectivity index (χ0n) is 9.09. The van der Waals surface area contributed by atoms with Crippen LogP contribution in [-0.2, 0) is 5.88 Å². The van der Waals surface area contributed by atoms with E-state index in [1.54, 1.807) is 0 Å². The second-order valence-corrected chi connectivity index (χ2v) is 3.81. The van der Waals surface area contributed by atoms with Gasteiger partial charge in [0, 0.05) is 5.56 Å². The van der Waals surface area contributed by atoms with Gasteiger partial charge in [-0.25, -0.2) is 8.78 Å². The first kappa shape index (κ1) is 12.8. The van der Waals surface area contributed by atoms with E-state index in [4.69, 9.17) is 16.3 Å². The maximum atomic E-state index is 13.4. The van der Waals surface area contributed by atoms with Crippen LogP contribution < -0.4 is 4.74 Å². The third-order valence-corrected chi connectivity index (χ3v) is 2.59. The van der Waals surface area contributed by atoms with Crippen molar-refractivity contribution in [2.45, 2.75) is 5.88 Å². The van der Waals surface area contributed by atoms with Crippen LogP contribution in [0.25, 0.3) is 0 Å². The molecular formula is C13H8ClF3O. The van der Waals surface area contributed by atoms with Crippen molar-refractivity contribution in [1.29, 1.82) is 0 Å². The molecule has 0 bridgehead atoms. The first-order valence-corrected chi connectivity index (χ1v) is 5.61. The van der Waals surface area contributed by atoms with Gasteiger partial charge in [-0.3, -0.25) is 0 Å². The number of benzene rings is 2. The highest BCUT2D eigenvalue weighted by Gasteiger charge is 2.12. The number of rotatable bonds is 3. The van der Waals surface area contributed by atoms with Gasteiger partial charge in [-0.05, 0) is 30.3 Å². The lowest BCUT2D eigenvalue weighted by atomic mass is 10.2. The van der Waals surface area contributed by atoms with Crippen molar-refractivity contribution >= 4 is 11.6 Å². The molecule has 0 aliphatic heterocycles. The number of hydrogen-bond acceptors (Lipinski definition) is 1. The van der Waals surface area contributed by atoms with E-state index < -0.39 is 17.5 Å². The Kier molecular flexibility index (Phi) is 3.77. The fraction of sp³-hybridized carbons (Fsp3) is 0.0769. The summed E-state index contributed by atoms with van der Waals surface area (Å²) in [6.07, 6.45) is 0. The molecule has 1 nitrogen and oxygen atoms in total. The van der Waals surface area contributed by atoms with Crippen molar-refractivity contribution in [3.05, 3.63) is 59.4 Å². The summed E-state index contributed by atoms with van der Waals surface area (Å²) in [7, 11) is 0. The highest BCUT2D eigenvalue weighted by Crippen LogP contribution is 2.29. The van der Waals surface area contributed by atoms with Crippen LogP contribution in [0.1, 0.15) is 5.56 Å². The molecule has 0 fully saturated rings. The zero-order valence-corrected chi connectivity index (χ0v) is 9.85. The number of ether oxygens (including phenoxy) is 1. The average molecular weight is 273 g/mol. The molecule has 0 aromatic heterocycles. The Hall–Kier alpha value is -1.68. The Morgan fingerprint density at radius 2 is 1.78 bits per heavy atom. The maximum absolute atomic E-state index is 13.4. The van der Waals surface area contributed by atoms with Crippen molar-refractivity contribution in [3.8, 4) is 11.5 Å². The van der Waals surface area contributed by atoms with E-state index in [2.05, 4.69) is 0 Å². The van der Waals surface area contributed by atoms with Crippen LogP contribution in [-0.4, -0.2) is 0 Å². The standard InChI is InChI=1S/C13H8ClF3O/c14-7-8-6-9(15)4-5-11(8)18-12-3-1-2-10(16)13(12)17/h1-6H,7H2. The lowest BCUT2D eigenvalue weighted by Gasteiger charge is -2.10. The van der Waals surface area contributed by atoms with Gasteiger partial charge in [-0.2, -0.15) is 4.39 Å². The highest BCUT2D eigenvalue weighted by atomic mass is 35.5. The third-order valence-electron chi connectivity index (χ3n) is 2.30. The van der Waals surface area contributed by atoms with E-state index in [-0.39, 0.29) is 17.4 Å². The SMILES string of the molecule is Fc1ccc(Oc2cccc(F)c2F)c(CCl)c1. The van der Waals surface area contributed by atoms with Crippen molar-refractivity contribution in [3.63, 3.8) is 0 Å². The predicted molar refractivity (Wildman–Crippen MR) is 62.4 cm³/mol. The Labute approximate surface area is 107 Å². The minimum atomic E-state index is -1.10. The van der Waals surface area contributed by atoms with Crippen molar-refractivity contribution in [1.82, 2.24) is 0 Å². The molecular weight excluding hydrogens is 265 g/mol. The molecule has 0 saturated carbocycles. The van der Waals surface area contributed by atoms with Gasteiger partial charge in [0.2, 0.25) is 5.82 Å². The number of hydrogen-bond donors (Lipinski definition) is 0. The molecule has 0 amide bonds. The molecule has 0 saturated heterocycles. The maximum Gasteiger partial charge on any atom is 0.201 e. The number of halogens is 4. The molecule has 0 heterocycles. The molecule has 5 heteroatoms. The first-order valence-electron chi connectivity index (χ1n) is 5.08. The molecule has 0 radical (unpaired) electrons. The molecule has 0 aliphatic carbocycles. The second kappa shape index (κ2) is 5.31. The topological polar surface area (TPSA) is 9.23 Å². The normalized spacial score (nSPS) is 10.4. The van der Waals surface area contributed by atoms with Crippen LogP contribution in [0.15, 0.2) is 36.4 Å².